The van der Waals surface area contributed by atoms with Crippen LogP contribution in [0.15, 0.2) is 24.3 Å². The maximum absolute atomic E-state index is 12.0. The number of hydrogen-bond donors (Lipinski definition) is 1. The normalized spacial score (nSPS) is 18.3. The molecule has 1 fully saturated rings. The van der Waals surface area contributed by atoms with E-state index in [-0.39, 0.29) is 25.1 Å². The third-order valence-corrected chi connectivity index (χ3v) is 5.09. The fraction of sp³-hybridized carbons (Fsp3) is 0.533. The summed E-state index contributed by atoms with van der Waals surface area (Å²) < 4.78 is 30.3. The Bertz CT molecular complexity index is 627. The van der Waals surface area contributed by atoms with Gasteiger partial charge in [-0.15, -0.1) is 0 Å². The number of hydrogen-bond acceptors (Lipinski definition) is 4. The first-order valence-corrected chi connectivity index (χ1v) is 9.65. The lowest BCUT2D eigenvalue weighted by molar-refractivity contribution is -0.121. The van der Waals surface area contributed by atoms with E-state index in [1.807, 2.05) is 12.1 Å². The predicted molar refractivity (Wildman–Crippen MR) is 88.7 cm³/mol. The molecule has 23 heavy (non-hydrogen) atoms. The maximum atomic E-state index is 12.0. The SMILES string of the molecule is CS(=O)(=O)N(CC(=O)NCc1ccc(Cl)cc1)CC1CCCO1. The molecule has 6 nitrogen and oxygen atoms in total. The Morgan fingerprint density at radius 3 is 2.65 bits per heavy atom. The van der Waals surface area contributed by atoms with Crippen LogP contribution in [0.1, 0.15) is 18.4 Å². The molecule has 2 rings (SSSR count). The minimum Gasteiger partial charge on any atom is -0.377 e. The number of benzene rings is 1. The molecule has 1 unspecified atom stereocenters. The minimum absolute atomic E-state index is 0.131. The minimum atomic E-state index is -3.46. The first-order valence-electron chi connectivity index (χ1n) is 7.42. The van der Waals surface area contributed by atoms with E-state index in [0.29, 0.717) is 18.2 Å². The van der Waals surface area contributed by atoms with Gasteiger partial charge in [0.25, 0.3) is 0 Å². The van der Waals surface area contributed by atoms with E-state index in [1.165, 1.54) is 4.31 Å². The molecule has 1 saturated heterocycles. The van der Waals surface area contributed by atoms with Crippen LogP contribution in [0.2, 0.25) is 5.02 Å². The van der Waals surface area contributed by atoms with Gasteiger partial charge in [-0.25, -0.2) is 8.42 Å². The van der Waals surface area contributed by atoms with Gasteiger partial charge < -0.3 is 10.1 Å². The van der Waals surface area contributed by atoms with Crippen molar-refractivity contribution in [2.45, 2.75) is 25.5 Å². The van der Waals surface area contributed by atoms with E-state index in [9.17, 15) is 13.2 Å². The van der Waals surface area contributed by atoms with E-state index >= 15 is 0 Å². The van der Waals surface area contributed by atoms with Gasteiger partial charge in [0, 0.05) is 24.7 Å². The van der Waals surface area contributed by atoms with Crippen LogP contribution in [0.25, 0.3) is 0 Å². The first kappa shape index (κ1) is 18.2. The second kappa shape index (κ2) is 8.10. The van der Waals surface area contributed by atoms with Crippen LogP contribution in [0.3, 0.4) is 0 Å². The zero-order valence-corrected chi connectivity index (χ0v) is 14.6. The number of nitrogens with zero attached hydrogens (tertiary/aromatic N) is 1. The molecular weight excluding hydrogens is 340 g/mol. The second-order valence-corrected chi connectivity index (χ2v) is 8.01. The molecule has 1 amide bonds. The monoisotopic (exact) mass is 360 g/mol. The van der Waals surface area contributed by atoms with Gasteiger partial charge in [0.1, 0.15) is 0 Å². The van der Waals surface area contributed by atoms with Crippen LogP contribution in [-0.4, -0.2) is 50.7 Å². The molecule has 0 saturated carbocycles. The molecule has 8 heteroatoms. The average molecular weight is 361 g/mol. The maximum Gasteiger partial charge on any atom is 0.235 e. The van der Waals surface area contributed by atoms with E-state index in [0.717, 1.165) is 24.7 Å². The molecule has 128 valence electrons. The number of halogens is 1. The number of carbonyl (C=O) groups excluding carboxylic acids is 1. The number of carbonyl (C=O) groups is 1. The van der Waals surface area contributed by atoms with Crippen molar-refractivity contribution in [1.82, 2.24) is 9.62 Å². The summed E-state index contributed by atoms with van der Waals surface area (Å²) in [6, 6.07) is 7.10. The summed E-state index contributed by atoms with van der Waals surface area (Å²) in [4.78, 5) is 12.0. The molecule has 1 aliphatic rings. The molecule has 1 aromatic rings. The van der Waals surface area contributed by atoms with Crippen LogP contribution in [0.4, 0.5) is 0 Å². The highest BCUT2D eigenvalue weighted by Gasteiger charge is 2.26. The smallest absolute Gasteiger partial charge is 0.235 e. The molecule has 0 aliphatic carbocycles. The van der Waals surface area contributed by atoms with Gasteiger partial charge in [0.2, 0.25) is 15.9 Å². The molecule has 1 aromatic carbocycles. The van der Waals surface area contributed by atoms with Gasteiger partial charge in [0.15, 0.2) is 0 Å². The van der Waals surface area contributed by atoms with Crippen LogP contribution >= 0.6 is 11.6 Å². The van der Waals surface area contributed by atoms with Crippen LogP contribution in [-0.2, 0) is 26.1 Å². The molecule has 0 radical (unpaired) electrons. The largest absolute Gasteiger partial charge is 0.377 e. The highest BCUT2D eigenvalue weighted by molar-refractivity contribution is 7.88. The van der Waals surface area contributed by atoms with Crippen molar-refractivity contribution in [3.8, 4) is 0 Å². The fourth-order valence-electron chi connectivity index (χ4n) is 2.35. The lowest BCUT2D eigenvalue weighted by Crippen LogP contribution is -2.43. The third-order valence-electron chi connectivity index (χ3n) is 3.62. The van der Waals surface area contributed by atoms with Crippen molar-refractivity contribution >= 4 is 27.5 Å². The molecule has 1 atom stereocenters. The molecule has 1 N–H and O–H groups in total. The summed E-state index contributed by atoms with van der Waals surface area (Å²) in [5.41, 5.74) is 0.896. The summed E-state index contributed by atoms with van der Waals surface area (Å²) in [5.74, 6) is -0.344. The first-order chi connectivity index (χ1) is 10.8. The van der Waals surface area contributed by atoms with E-state index in [2.05, 4.69) is 5.32 Å². The zero-order chi connectivity index (χ0) is 16.9. The van der Waals surface area contributed by atoms with E-state index in [1.54, 1.807) is 12.1 Å². The van der Waals surface area contributed by atoms with Crippen molar-refractivity contribution in [2.75, 3.05) is 26.0 Å². The van der Waals surface area contributed by atoms with Crippen molar-refractivity contribution in [3.05, 3.63) is 34.9 Å². The predicted octanol–water partition coefficient (Wildman–Crippen LogP) is 1.40. The van der Waals surface area contributed by atoms with Crippen molar-refractivity contribution in [1.29, 1.82) is 0 Å². The highest BCUT2D eigenvalue weighted by Crippen LogP contribution is 2.15. The Hall–Kier alpha value is -1.15. The lowest BCUT2D eigenvalue weighted by atomic mass is 10.2. The summed E-state index contributed by atoms with van der Waals surface area (Å²) in [5, 5.41) is 3.34. The van der Waals surface area contributed by atoms with Gasteiger partial charge in [-0.3, -0.25) is 4.79 Å². The highest BCUT2D eigenvalue weighted by atomic mass is 35.5. The summed E-state index contributed by atoms with van der Waals surface area (Å²) in [7, 11) is -3.46. The Kier molecular flexibility index (Phi) is 6.41. The van der Waals surface area contributed by atoms with Crippen molar-refractivity contribution in [3.63, 3.8) is 0 Å². The topological polar surface area (TPSA) is 75.7 Å². The van der Waals surface area contributed by atoms with Crippen molar-refractivity contribution < 1.29 is 17.9 Å². The second-order valence-electron chi connectivity index (χ2n) is 5.59. The standard InChI is InChI=1S/C15H21ClN2O4S/c1-23(20,21)18(10-14-3-2-8-22-14)11-15(19)17-9-12-4-6-13(16)7-5-12/h4-7,14H,2-3,8-11H2,1H3,(H,17,19). The van der Waals surface area contributed by atoms with Gasteiger partial charge in [-0.2, -0.15) is 4.31 Å². The third kappa shape index (κ3) is 6.10. The molecule has 1 heterocycles. The number of sulfonamides is 1. The number of ether oxygens (including phenoxy) is 1. The van der Waals surface area contributed by atoms with Crippen LogP contribution in [0, 0.1) is 0 Å². The molecule has 0 bridgehead atoms. The van der Waals surface area contributed by atoms with Gasteiger partial charge >= 0.3 is 0 Å². The quantitative estimate of drug-likeness (QED) is 0.797. The van der Waals surface area contributed by atoms with Gasteiger partial charge in [-0.05, 0) is 30.5 Å². The molecular formula is C15H21ClN2O4S. The number of nitrogens with one attached hydrogen (secondary N) is 1. The fourth-order valence-corrected chi connectivity index (χ4v) is 3.27. The Balaban J connectivity index is 1.87. The summed E-state index contributed by atoms with van der Waals surface area (Å²) >= 11 is 5.80. The van der Waals surface area contributed by atoms with Crippen LogP contribution in [0.5, 0.6) is 0 Å². The number of rotatable bonds is 7. The lowest BCUT2D eigenvalue weighted by Gasteiger charge is -2.22. The zero-order valence-electron chi connectivity index (χ0n) is 13.0. The van der Waals surface area contributed by atoms with Crippen molar-refractivity contribution in [2.24, 2.45) is 0 Å². The molecule has 0 spiro atoms. The van der Waals surface area contributed by atoms with Gasteiger partial charge in [-0.1, -0.05) is 23.7 Å². The van der Waals surface area contributed by atoms with Gasteiger partial charge in [0.05, 0.1) is 18.9 Å². The van der Waals surface area contributed by atoms with Crippen LogP contribution < -0.4 is 5.32 Å². The Morgan fingerprint density at radius 2 is 2.09 bits per heavy atom. The Labute approximate surface area is 141 Å². The Morgan fingerprint density at radius 1 is 1.39 bits per heavy atom. The van der Waals surface area contributed by atoms with E-state index in [4.69, 9.17) is 16.3 Å². The molecule has 0 aromatic heterocycles. The average Bonchev–Trinajstić information content (AvgIpc) is 2.98. The molecule has 1 aliphatic heterocycles. The summed E-state index contributed by atoms with van der Waals surface area (Å²) in [6.07, 6.45) is 2.71. The number of amides is 1. The van der Waals surface area contributed by atoms with E-state index < -0.39 is 10.0 Å². The summed E-state index contributed by atoms with van der Waals surface area (Å²) in [6.45, 7) is 0.984.